The highest BCUT2D eigenvalue weighted by Crippen LogP contribution is 2.33. The van der Waals surface area contributed by atoms with Gasteiger partial charge in [-0.1, -0.05) is 11.6 Å². The molecule has 2 heterocycles. The van der Waals surface area contributed by atoms with Crippen molar-refractivity contribution in [3.63, 3.8) is 0 Å². The van der Waals surface area contributed by atoms with E-state index >= 15 is 0 Å². The third-order valence-electron chi connectivity index (χ3n) is 2.42. The summed E-state index contributed by atoms with van der Waals surface area (Å²) in [7, 11) is 0. The van der Waals surface area contributed by atoms with Gasteiger partial charge in [-0.15, -0.1) is 11.3 Å². The van der Waals surface area contributed by atoms with Crippen LogP contribution in [-0.4, -0.2) is 10.1 Å². The van der Waals surface area contributed by atoms with Gasteiger partial charge in [-0.25, -0.2) is 0 Å². The molecule has 0 aliphatic heterocycles. The first kappa shape index (κ1) is 13.0. The minimum absolute atomic E-state index is 0.479. The van der Waals surface area contributed by atoms with Crippen molar-refractivity contribution in [1.82, 2.24) is 4.98 Å². The van der Waals surface area contributed by atoms with Crippen LogP contribution in [0.3, 0.4) is 0 Å². The van der Waals surface area contributed by atoms with E-state index < -0.39 is 6.10 Å². The number of nitrogens with zero attached hydrogens (tertiary/aromatic N) is 1. The minimum Gasteiger partial charge on any atom is -0.387 e. The Hall–Kier alpha value is -0.420. The van der Waals surface area contributed by atoms with Gasteiger partial charge >= 0.3 is 0 Å². The average Bonchev–Trinajstić information content (AvgIpc) is 2.63. The number of thiophene rings is 1. The summed E-state index contributed by atoms with van der Waals surface area (Å²) in [5, 5.41) is 12.7. The van der Waals surface area contributed by atoms with E-state index in [1.165, 1.54) is 11.3 Å². The standard InChI is InChI=1S/C12H11BrClNOS/c1-7-6-17-12(11(7)14)10(16)4-9-3-2-8(13)5-15-9/h2-3,5-6,10,16H,4H2,1H3. The zero-order valence-electron chi connectivity index (χ0n) is 9.15. The molecule has 0 fully saturated rings. The molecule has 0 aromatic carbocycles. The number of aliphatic hydroxyl groups is 1. The number of hydrogen-bond donors (Lipinski definition) is 1. The van der Waals surface area contributed by atoms with E-state index in [0.29, 0.717) is 11.4 Å². The Morgan fingerprint density at radius 3 is 2.82 bits per heavy atom. The highest BCUT2D eigenvalue weighted by Gasteiger charge is 2.16. The van der Waals surface area contributed by atoms with Crippen LogP contribution >= 0.6 is 38.9 Å². The van der Waals surface area contributed by atoms with Gasteiger partial charge in [0.15, 0.2) is 0 Å². The van der Waals surface area contributed by atoms with Gasteiger partial charge in [-0.3, -0.25) is 4.98 Å². The van der Waals surface area contributed by atoms with Crippen molar-refractivity contribution in [1.29, 1.82) is 0 Å². The summed E-state index contributed by atoms with van der Waals surface area (Å²) >= 11 is 10.9. The van der Waals surface area contributed by atoms with E-state index in [-0.39, 0.29) is 0 Å². The number of halogens is 2. The van der Waals surface area contributed by atoms with Gasteiger partial charge in [0.05, 0.1) is 16.0 Å². The number of rotatable bonds is 3. The molecule has 0 amide bonds. The highest BCUT2D eigenvalue weighted by atomic mass is 79.9. The topological polar surface area (TPSA) is 33.1 Å². The zero-order chi connectivity index (χ0) is 12.4. The second-order valence-electron chi connectivity index (χ2n) is 3.78. The molecule has 1 unspecified atom stereocenters. The molecule has 0 saturated carbocycles. The van der Waals surface area contributed by atoms with Crippen molar-refractivity contribution >= 4 is 38.9 Å². The molecule has 90 valence electrons. The monoisotopic (exact) mass is 331 g/mol. The molecule has 2 aromatic rings. The third kappa shape index (κ3) is 3.07. The first-order valence-electron chi connectivity index (χ1n) is 5.10. The molecule has 0 saturated heterocycles. The van der Waals surface area contributed by atoms with Crippen molar-refractivity contribution < 1.29 is 5.11 Å². The van der Waals surface area contributed by atoms with Crippen LogP contribution in [0.15, 0.2) is 28.2 Å². The number of aromatic nitrogens is 1. The van der Waals surface area contributed by atoms with E-state index in [1.807, 2.05) is 24.4 Å². The Kier molecular flexibility index (Phi) is 4.20. The Morgan fingerprint density at radius 2 is 2.29 bits per heavy atom. The van der Waals surface area contributed by atoms with Crippen LogP contribution in [0.1, 0.15) is 22.2 Å². The van der Waals surface area contributed by atoms with Gasteiger partial charge in [0.2, 0.25) is 0 Å². The van der Waals surface area contributed by atoms with Crippen LogP contribution in [0, 0.1) is 6.92 Å². The van der Waals surface area contributed by atoms with E-state index in [0.717, 1.165) is 20.6 Å². The van der Waals surface area contributed by atoms with Crippen molar-refractivity contribution in [3.8, 4) is 0 Å². The zero-order valence-corrected chi connectivity index (χ0v) is 12.3. The number of pyridine rings is 1. The average molecular weight is 333 g/mol. The van der Waals surface area contributed by atoms with Crippen LogP contribution in [0.4, 0.5) is 0 Å². The molecule has 0 aliphatic rings. The maximum absolute atomic E-state index is 10.1. The van der Waals surface area contributed by atoms with Crippen LogP contribution in [0.2, 0.25) is 5.02 Å². The first-order chi connectivity index (χ1) is 8.08. The van der Waals surface area contributed by atoms with Gasteiger partial charge < -0.3 is 5.11 Å². The molecule has 0 radical (unpaired) electrons. The predicted octanol–water partition coefficient (Wildman–Crippen LogP) is 4.14. The lowest BCUT2D eigenvalue weighted by molar-refractivity contribution is 0.181. The molecule has 2 aromatic heterocycles. The van der Waals surface area contributed by atoms with Crippen LogP contribution < -0.4 is 0 Å². The first-order valence-corrected chi connectivity index (χ1v) is 7.15. The third-order valence-corrected chi connectivity index (χ3v) is 4.70. The highest BCUT2D eigenvalue weighted by molar-refractivity contribution is 9.10. The second-order valence-corrected chi connectivity index (χ2v) is 5.99. The summed E-state index contributed by atoms with van der Waals surface area (Å²) in [5.41, 5.74) is 1.86. The molecule has 17 heavy (non-hydrogen) atoms. The van der Waals surface area contributed by atoms with Crippen molar-refractivity contribution in [3.05, 3.63) is 49.3 Å². The largest absolute Gasteiger partial charge is 0.387 e. The fourth-order valence-corrected chi connectivity index (χ4v) is 3.03. The molecule has 0 aliphatic carbocycles. The lowest BCUT2D eigenvalue weighted by Gasteiger charge is -2.09. The van der Waals surface area contributed by atoms with E-state index in [2.05, 4.69) is 20.9 Å². The van der Waals surface area contributed by atoms with E-state index in [1.54, 1.807) is 6.20 Å². The fraction of sp³-hybridized carbons (Fsp3) is 0.250. The summed E-state index contributed by atoms with van der Waals surface area (Å²) in [4.78, 5) is 5.05. The van der Waals surface area contributed by atoms with Crippen LogP contribution in [0.5, 0.6) is 0 Å². The summed E-state index contributed by atoms with van der Waals surface area (Å²) in [6.45, 7) is 1.94. The van der Waals surface area contributed by atoms with E-state index in [4.69, 9.17) is 11.6 Å². The van der Waals surface area contributed by atoms with Gasteiger partial charge in [0, 0.05) is 22.8 Å². The lowest BCUT2D eigenvalue weighted by atomic mass is 10.1. The van der Waals surface area contributed by atoms with Crippen molar-refractivity contribution in [2.75, 3.05) is 0 Å². The Balaban J connectivity index is 2.14. The van der Waals surface area contributed by atoms with Crippen molar-refractivity contribution in [2.24, 2.45) is 0 Å². The quantitative estimate of drug-likeness (QED) is 0.916. The lowest BCUT2D eigenvalue weighted by Crippen LogP contribution is -2.02. The maximum Gasteiger partial charge on any atom is 0.0952 e. The number of hydrogen-bond acceptors (Lipinski definition) is 3. The Morgan fingerprint density at radius 1 is 1.53 bits per heavy atom. The summed E-state index contributed by atoms with van der Waals surface area (Å²) < 4.78 is 0.931. The van der Waals surface area contributed by atoms with Crippen LogP contribution in [-0.2, 0) is 6.42 Å². The maximum atomic E-state index is 10.1. The van der Waals surface area contributed by atoms with Gasteiger partial charge in [0.25, 0.3) is 0 Å². The summed E-state index contributed by atoms with van der Waals surface area (Å²) in [6, 6.07) is 3.80. The van der Waals surface area contributed by atoms with Gasteiger partial charge in [0.1, 0.15) is 0 Å². The number of aryl methyl sites for hydroxylation is 1. The molecule has 2 rings (SSSR count). The Labute approximate surface area is 117 Å². The summed E-state index contributed by atoms with van der Waals surface area (Å²) in [5.74, 6) is 0. The fourth-order valence-electron chi connectivity index (χ4n) is 1.49. The Bertz CT molecular complexity index is 512. The molecule has 0 spiro atoms. The molecule has 1 N–H and O–H groups in total. The molecule has 0 bridgehead atoms. The molecular weight excluding hydrogens is 322 g/mol. The van der Waals surface area contributed by atoms with Crippen molar-refractivity contribution in [2.45, 2.75) is 19.4 Å². The SMILES string of the molecule is Cc1csc(C(O)Cc2ccc(Br)cn2)c1Cl. The van der Waals surface area contributed by atoms with Gasteiger partial charge in [-0.05, 0) is 45.9 Å². The number of aliphatic hydroxyl groups excluding tert-OH is 1. The van der Waals surface area contributed by atoms with E-state index in [9.17, 15) is 5.11 Å². The summed E-state index contributed by atoms with van der Waals surface area (Å²) in [6.07, 6.45) is 1.62. The molecule has 5 heteroatoms. The normalized spacial score (nSPS) is 12.7. The minimum atomic E-state index is -0.588. The molecular formula is C12H11BrClNOS. The van der Waals surface area contributed by atoms with Crippen LogP contribution in [0.25, 0.3) is 0 Å². The predicted molar refractivity (Wildman–Crippen MR) is 74.7 cm³/mol. The molecule has 1 atom stereocenters. The van der Waals surface area contributed by atoms with Gasteiger partial charge in [-0.2, -0.15) is 0 Å². The second kappa shape index (κ2) is 5.48. The molecule has 2 nitrogen and oxygen atoms in total. The smallest absolute Gasteiger partial charge is 0.0952 e.